The van der Waals surface area contributed by atoms with E-state index in [0.29, 0.717) is 24.4 Å². The van der Waals surface area contributed by atoms with E-state index in [-0.39, 0.29) is 6.09 Å². The minimum absolute atomic E-state index is 0.251. The fourth-order valence-electron chi connectivity index (χ4n) is 1.89. The molecular formula is C16H34N2O2. The number of rotatable bonds is 7. The second-order valence-corrected chi connectivity index (χ2v) is 7.05. The van der Waals surface area contributed by atoms with Gasteiger partial charge in [0.05, 0.1) is 0 Å². The highest BCUT2D eigenvalue weighted by Crippen LogP contribution is 2.11. The molecule has 3 atom stereocenters. The molecule has 3 unspecified atom stereocenters. The predicted molar refractivity (Wildman–Crippen MR) is 84.9 cm³/mol. The molecule has 20 heavy (non-hydrogen) atoms. The van der Waals surface area contributed by atoms with Gasteiger partial charge in [-0.05, 0) is 46.1 Å². The highest BCUT2D eigenvalue weighted by molar-refractivity contribution is 5.67. The van der Waals surface area contributed by atoms with Crippen LogP contribution in [0.2, 0.25) is 0 Å². The predicted octanol–water partition coefficient (Wildman–Crippen LogP) is 3.51. The molecule has 0 aliphatic carbocycles. The van der Waals surface area contributed by atoms with Crippen molar-refractivity contribution in [2.24, 2.45) is 11.8 Å². The molecule has 0 bridgehead atoms. The standard InChI is InChI=1S/C16H34N2O2/c1-9-13(3)14(4)17-10-12(2)11-18(8)15(19)20-16(5,6)7/h12-14,17H,9-11H2,1-8H3. The molecule has 0 heterocycles. The molecule has 0 radical (unpaired) electrons. The first-order valence-corrected chi connectivity index (χ1v) is 7.74. The first-order chi connectivity index (χ1) is 9.06. The van der Waals surface area contributed by atoms with Crippen LogP contribution in [0.3, 0.4) is 0 Å². The van der Waals surface area contributed by atoms with Gasteiger partial charge in [-0.25, -0.2) is 4.79 Å². The molecule has 0 aliphatic rings. The summed E-state index contributed by atoms with van der Waals surface area (Å²) < 4.78 is 5.35. The molecule has 1 N–H and O–H groups in total. The third-order valence-electron chi connectivity index (χ3n) is 3.58. The largest absolute Gasteiger partial charge is 0.444 e. The van der Waals surface area contributed by atoms with Crippen molar-refractivity contribution in [3.05, 3.63) is 0 Å². The Hall–Kier alpha value is -0.770. The van der Waals surface area contributed by atoms with Gasteiger partial charge in [0.15, 0.2) is 0 Å². The molecule has 0 spiro atoms. The summed E-state index contributed by atoms with van der Waals surface area (Å²) in [5.74, 6) is 1.07. The van der Waals surface area contributed by atoms with Gasteiger partial charge in [0, 0.05) is 19.6 Å². The number of hydrogen-bond acceptors (Lipinski definition) is 3. The molecule has 0 rings (SSSR count). The van der Waals surface area contributed by atoms with E-state index >= 15 is 0 Å². The Morgan fingerprint density at radius 2 is 1.80 bits per heavy atom. The summed E-state index contributed by atoms with van der Waals surface area (Å²) in [6.07, 6.45) is 0.930. The average molecular weight is 286 g/mol. The van der Waals surface area contributed by atoms with Gasteiger partial charge in [-0.2, -0.15) is 0 Å². The molecule has 0 fully saturated rings. The Bertz CT molecular complexity index is 287. The zero-order valence-corrected chi connectivity index (χ0v) is 14.6. The van der Waals surface area contributed by atoms with Crippen LogP contribution in [0, 0.1) is 11.8 Å². The maximum absolute atomic E-state index is 11.9. The van der Waals surface area contributed by atoms with Crippen LogP contribution in [0.15, 0.2) is 0 Å². The van der Waals surface area contributed by atoms with Crippen LogP contribution < -0.4 is 5.32 Å². The number of hydrogen-bond donors (Lipinski definition) is 1. The van der Waals surface area contributed by atoms with Gasteiger partial charge >= 0.3 is 6.09 Å². The Labute approximate surface area is 125 Å². The van der Waals surface area contributed by atoms with Crippen LogP contribution >= 0.6 is 0 Å². The van der Waals surface area contributed by atoms with Crippen LogP contribution in [0.5, 0.6) is 0 Å². The monoisotopic (exact) mass is 286 g/mol. The van der Waals surface area contributed by atoms with Crippen molar-refractivity contribution in [1.82, 2.24) is 10.2 Å². The molecule has 0 saturated carbocycles. The zero-order valence-electron chi connectivity index (χ0n) is 14.6. The Morgan fingerprint density at radius 1 is 1.25 bits per heavy atom. The summed E-state index contributed by atoms with van der Waals surface area (Å²) in [5.41, 5.74) is -0.433. The minimum atomic E-state index is -0.433. The van der Waals surface area contributed by atoms with Crippen LogP contribution in [0.4, 0.5) is 4.79 Å². The third-order valence-corrected chi connectivity index (χ3v) is 3.58. The second-order valence-electron chi connectivity index (χ2n) is 7.05. The molecule has 4 nitrogen and oxygen atoms in total. The van der Waals surface area contributed by atoms with Crippen molar-refractivity contribution in [1.29, 1.82) is 0 Å². The molecule has 0 aromatic rings. The second kappa shape index (κ2) is 8.50. The van der Waals surface area contributed by atoms with Crippen molar-refractivity contribution < 1.29 is 9.53 Å². The third kappa shape index (κ3) is 8.41. The number of carbonyl (C=O) groups is 1. The highest BCUT2D eigenvalue weighted by atomic mass is 16.6. The molecule has 0 aromatic heterocycles. The number of nitrogens with one attached hydrogen (secondary N) is 1. The summed E-state index contributed by atoms with van der Waals surface area (Å²) in [6.45, 7) is 16.1. The summed E-state index contributed by atoms with van der Waals surface area (Å²) in [7, 11) is 1.79. The van der Waals surface area contributed by atoms with E-state index in [1.165, 1.54) is 6.42 Å². The van der Waals surface area contributed by atoms with Gasteiger partial charge in [0.2, 0.25) is 0 Å². The molecule has 0 saturated heterocycles. The van der Waals surface area contributed by atoms with Gasteiger partial charge in [0.25, 0.3) is 0 Å². The van der Waals surface area contributed by atoms with E-state index in [1.54, 1.807) is 11.9 Å². The van der Waals surface area contributed by atoms with Crippen LogP contribution in [0.1, 0.15) is 54.9 Å². The van der Waals surface area contributed by atoms with E-state index in [1.807, 2.05) is 20.8 Å². The van der Waals surface area contributed by atoms with Crippen molar-refractivity contribution in [3.63, 3.8) is 0 Å². The zero-order chi connectivity index (χ0) is 15.9. The fraction of sp³-hybridized carbons (Fsp3) is 0.938. The van der Waals surface area contributed by atoms with Crippen LogP contribution in [-0.4, -0.2) is 42.8 Å². The SMILES string of the molecule is CCC(C)C(C)NCC(C)CN(C)C(=O)OC(C)(C)C. The summed E-state index contributed by atoms with van der Waals surface area (Å²) in [5, 5.41) is 3.55. The van der Waals surface area contributed by atoms with Gasteiger partial charge in [-0.15, -0.1) is 0 Å². The maximum atomic E-state index is 11.9. The quantitative estimate of drug-likeness (QED) is 0.778. The minimum Gasteiger partial charge on any atom is -0.444 e. The summed E-state index contributed by atoms with van der Waals surface area (Å²) >= 11 is 0. The first kappa shape index (κ1) is 19.2. The molecule has 1 amide bonds. The normalized spacial score (nSPS) is 16.4. The lowest BCUT2D eigenvalue weighted by Crippen LogP contribution is -2.41. The Balaban J connectivity index is 4.07. The lowest BCUT2D eigenvalue weighted by Gasteiger charge is -2.27. The number of ether oxygens (including phenoxy) is 1. The first-order valence-electron chi connectivity index (χ1n) is 7.74. The van der Waals surface area contributed by atoms with Gasteiger partial charge in [-0.1, -0.05) is 27.2 Å². The molecular weight excluding hydrogens is 252 g/mol. The van der Waals surface area contributed by atoms with E-state index in [2.05, 4.69) is 33.0 Å². The van der Waals surface area contributed by atoms with Gasteiger partial charge < -0.3 is 15.0 Å². The topological polar surface area (TPSA) is 41.6 Å². The molecule has 120 valence electrons. The number of nitrogens with zero attached hydrogens (tertiary/aromatic N) is 1. The number of amides is 1. The lowest BCUT2D eigenvalue weighted by atomic mass is 10.0. The van der Waals surface area contributed by atoms with Crippen molar-refractivity contribution in [3.8, 4) is 0 Å². The molecule has 0 aromatic carbocycles. The van der Waals surface area contributed by atoms with Crippen LogP contribution in [0.25, 0.3) is 0 Å². The smallest absolute Gasteiger partial charge is 0.410 e. The Kier molecular flexibility index (Phi) is 8.17. The Morgan fingerprint density at radius 3 is 2.25 bits per heavy atom. The molecule has 0 aliphatic heterocycles. The fourth-order valence-corrected chi connectivity index (χ4v) is 1.89. The van der Waals surface area contributed by atoms with E-state index < -0.39 is 5.60 Å². The maximum Gasteiger partial charge on any atom is 0.410 e. The average Bonchev–Trinajstić information content (AvgIpc) is 2.32. The van der Waals surface area contributed by atoms with Gasteiger partial charge in [-0.3, -0.25) is 0 Å². The number of carbonyl (C=O) groups excluding carboxylic acids is 1. The molecule has 4 heteroatoms. The van der Waals surface area contributed by atoms with E-state index in [4.69, 9.17) is 4.74 Å². The van der Waals surface area contributed by atoms with E-state index in [0.717, 1.165) is 6.54 Å². The summed E-state index contributed by atoms with van der Waals surface area (Å²) in [4.78, 5) is 13.5. The van der Waals surface area contributed by atoms with E-state index in [9.17, 15) is 4.79 Å². The van der Waals surface area contributed by atoms with Crippen LogP contribution in [-0.2, 0) is 4.74 Å². The van der Waals surface area contributed by atoms with Crippen molar-refractivity contribution in [2.75, 3.05) is 20.1 Å². The lowest BCUT2D eigenvalue weighted by molar-refractivity contribution is 0.0276. The van der Waals surface area contributed by atoms with Crippen molar-refractivity contribution in [2.45, 2.75) is 66.5 Å². The van der Waals surface area contributed by atoms with Gasteiger partial charge in [0.1, 0.15) is 5.60 Å². The van der Waals surface area contributed by atoms with Crippen molar-refractivity contribution >= 4 is 6.09 Å². The highest BCUT2D eigenvalue weighted by Gasteiger charge is 2.21. The summed E-state index contributed by atoms with van der Waals surface area (Å²) in [6, 6.07) is 0.509.